The van der Waals surface area contributed by atoms with Gasteiger partial charge in [-0.25, -0.2) is 4.79 Å². The van der Waals surface area contributed by atoms with E-state index in [0.29, 0.717) is 0 Å². The number of carbonyl (C=O) groups is 3. The number of aliphatic hydroxyl groups is 1. The van der Waals surface area contributed by atoms with E-state index in [0.717, 1.165) is 25.3 Å². The fourth-order valence-corrected chi connectivity index (χ4v) is 3.15. The summed E-state index contributed by atoms with van der Waals surface area (Å²) in [6.45, 7) is 13.2. The highest BCUT2D eigenvalue weighted by Crippen LogP contribution is 2.27. The number of hydrogen-bond acceptors (Lipinski definition) is 6. The lowest BCUT2D eigenvalue weighted by atomic mass is 9.83. The summed E-state index contributed by atoms with van der Waals surface area (Å²) in [7, 11) is 0. The number of carboxylic acids is 3. The van der Waals surface area contributed by atoms with Gasteiger partial charge in [-0.1, -0.05) is 32.9 Å². The average Bonchev–Trinajstić information content (AvgIpc) is 3.09. The van der Waals surface area contributed by atoms with Crippen LogP contribution >= 0.6 is 0 Å². The molecule has 0 radical (unpaired) electrons. The van der Waals surface area contributed by atoms with Crippen LogP contribution in [0.4, 0.5) is 0 Å². The van der Waals surface area contributed by atoms with Crippen molar-refractivity contribution in [3.63, 3.8) is 0 Å². The number of benzene rings is 1. The Hall–Kier alpha value is -2.94. The summed E-state index contributed by atoms with van der Waals surface area (Å²) in [5.74, 6) is -3.88. The topological polar surface area (TPSA) is 157 Å². The van der Waals surface area contributed by atoms with Gasteiger partial charge in [0.2, 0.25) is 0 Å². The van der Waals surface area contributed by atoms with Crippen molar-refractivity contribution in [2.75, 3.05) is 13.1 Å². The highest BCUT2D eigenvalue weighted by atomic mass is 16.4. The number of aryl methyl sites for hydroxylation is 2. The molecular formula is C22H32N2O7. The van der Waals surface area contributed by atoms with Gasteiger partial charge in [0.1, 0.15) is 5.84 Å². The van der Waals surface area contributed by atoms with E-state index in [1.54, 1.807) is 0 Å². The van der Waals surface area contributed by atoms with E-state index >= 15 is 0 Å². The Kier molecular flexibility index (Phi) is 8.74. The van der Waals surface area contributed by atoms with E-state index in [4.69, 9.17) is 20.4 Å². The monoisotopic (exact) mass is 436 g/mol. The predicted molar refractivity (Wildman–Crippen MR) is 116 cm³/mol. The smallest absolute Gasteiger partial charge is 0.336 e. The summed E-state index contributed by atoms with van der Waals surface area (Å²) in [6.07, 6.45) is -1.34. The lowest BCUT2D eigenvalue weighted by molar-refractivity contribution is -0.170. The maximum Gasteiger partial charge on any atom is 0.336 e. The van der Waals surface area contributed by atoms with Crippen LogP contribution in [0.15, 0.2) is 17.1 Å². The Morgan fingerprint density at radius 3 is 1.81 bits per heavy atom. The second kappa shape index (κ2) is 10.4. The second-order valence-corrected chi connectivity index (χ2v) is 8.75. The van der Waals surface area contributed by atoms with Crippen LogP contribution in [-0.4, -0.2) is 62.9 Å². The van der Waals surface area contributed by atoms with Crippen molar-refractivity contribution < 1.29 is 34.8 Å². The van der Waals surface area contributed by atoms with Gasteiger partial charge in [0, 0.05) is 13.0 Å². The van der Waals surface area contributed by atoms with Gasteiger partial charge in [0.25, 0.3) is 0 Å². The zero-order valence-corrected chi connectivity index (χ0v) is 18.7. The molecule has 9 heteroatoms. The van der Waals surface area contributed by atoms with Crippen molar-refractivity contribution in [2.45, 2.75) is 64.9 Å². The molecule has 0 aliphatic carbocycles. The Labute approximate surface area is 181 Å². The molecule has 0 saturated carbocycles. The molecule has 1 aromatic rings. The van der Waals surface area contributed by atoms with Crippen molar-refractivity contribution in [3.05, 3.63) is 34.4 Å². The predicted octanol–water partition coefficient (Wildman–Crippen LogP) is 1.90. The number of aliphatic imine (C=N–C) groups is 1. The standard InChI is InChI=1S/C16H24N2.C6H8O7/c1-11-8-13(16(3,4)5)9-12(2)14(11)10-15-17-6-7-18-15;7-3(8)1-6(13,5(11)12)2-4(9)10/h8-9H,6-7,10H2,1-5H3,(H,17,18);13H,1-2H2,(H,7,8)(H,9,10)(H,11,12). The third-order valence-electron chi connectivity index (χ3n) is 4.94. The van der Waals surface area contributed by atoms with Crippen LogP contribution in [0.1, 0.15) is 55.9 Å². The van der Waals surface area contributed by atoms with Crippen LogP contribution < -0.4 is 5.32 Å². The fourth-order valence-electron chi connectivity index (χ4n) is 3.15. The molecule has 31 heavy (non-hydrogen) atoms. The minimum atomic E-state index is -2.74. The molecule has 1 heterocycles. The minimum absolute atomic E-state index is 0.219. The molecule has 1 aromatic carbocycles. The van der Waals surface area contributed by atoms with E-state index in [1.165, 1.54) is 22.3 Å². The quantitative estimate of drug-likeness (QED) is 0.434. The third-order valence-corrected chi connectivity index (χ3v) is 4.94. The average molecular weight is 437 g/mol. The number of carboxylic acid groups (broad SMARTS) is 3. The van der Waals surface area contributed by atoms with Gasteiger partial charge in [-0.05, 0) is 41.5 Å². The zero-order chi connectivity index (χ0) is 24.0. The molecule has 0 spiro atoms. The largest absolute Gasteiger partial charge is 0.481 e. The molecule has 1 aliphatic heterocycles. The van der Waals surface area contributed by atoms with Gasteiger partial charge in [-0.3, -0.25) is 14.6 Å². The number of nitrogens with zero attached hydrogens (tertiary/aromatic N) is 1. The molecule has 1 aliphatic rings. The molecule has 0 saturated heterocycles. The molecule has 0 amide bonds. The van der Waals surface area contributed by atoms with Crippen molar-refractivity contribution in [1.29, 1.82) is 0 Å². The lowest BCUT2D eigenvalue weighted by Gasteiger charge is -2.22. The first-order chi connectivity index (χ1) is 14.2. The molecular weight excluding hydrogens is 404 g/mol. The third kappa shape index (κ3) is 8.01. The second-order valence-electron chi connectivity index (χ2n) is 8.75. The van der Waals surface area contributed by atoms with Gasteiger partial charge in [0.05, 0.1) is 19.4 Å². The number of amidine groups is 1. The van der Waals surface area contributed by atoms with Crippen molar-refractivity contribution in [3.8, 4) is 0 Å². The summed E-state index contributed by atoms with van der Waals surface area (Å²) < 4.78 is 0. The molecule has 0 bridgehead atoms. The first-order valence-electron chi connectivity index (χ1n) is 9.93. The molecule has 0 unspecified atom stereocenters. The Morgan fingerprint density at radius 1 is 1.00 bits per heavy atom. The molecule has 0 fully saturated rings. The minimum Gasteiger partial charge on any atom is -0.481 e. The van der Waals surface area contributed by atoms with Crippen molar-refractivity contribution in [1.82, 2.24) is 5.32 Å². The van der Waals surface area contributed by atoms with Gasteiger partial charge in [-0.2, -0.15) is 0 Å². The number of nitrogens with one attached hydrogen (secondary N) is 1. The Balaban J connectivity index is 0.000000330. The van der Waals surface area contributed by atoms with Crippen LogP contribution in [-0.2, 0) is 26.2 Å². The van der Waals surface area contributed by atoms with Crippen molar-refractivity contribution in [2.24, 2.45) is 4.99 Å². The first-order valence-corrected chi connectivity index (χ1v) is 9.93. The van der Waals surface area contributed by atoms with Crippen LogP contribution in [0.5, 0.6) is 0 Å². The van der Waals surface area contributed by atoms with Crippen LogP contribution in [0, 0.1) is 13.8 Å². The molecule has 9 nitrogen and oxygen atoms in total. The van der Waals surface area contributed by atoms with Gasteiger partial charge >= 0.3 is 17.9 Å². The number of rotatable bonds is 7. The Bertz CT molecular complexity index is 830. The van der Waals surface area contributed by atoms with E-state index in [-0.39, 0.29) is 5.41 Å². The van der Waals surface area contributed by atoms with E-state index < -0.39 is 36.4 Å². The van der Waals surface area contributed by atoms with Gasteiger partial charge in [-0.15, -0.1) is 0 Å². The summed E-state index contributed by atoms with van der Waals surface area (Å²) in [4.78, 5) is 35.0. The van der Waals surface area contributed by atoms with E-state index in [9.17, 15) is 14.4 Å². The molecule has 5 N–H and O–H groups in total. The number of hydrogen-bond donors (Lipinski definition) is 5. The van der Waals surface area contributed by atoms with Crippen LogP contribution in [0.3, 0.4) is 0 Å². The molecule has 0 atom stereocenters. The molecule has 2 rings (SSSR count). The van der Waals surface area contributed by atoms with Gasteiger partial charge < -0.3 is 25.7 Å². The maximum atomic E-state index is 10.3. The van der Waals surface area contributed by atoms with E-state index in [2.05, 4.69) is 57.1 Å². The maximum absolute atomic E-state index is 10.3. The van der Waals surface area contributed by atoms with E-state index in [1.807, 2.05) is 0 Å². The zero-order valence-electron chi connectivity index (χ0n) is 18.7. The summed E-state index contributed by atoms with van der Waals surface area (Å²) >= 11 is 0. The SMILES string of the molecule is Cc1cc(C(C)(C)C)cc(C)c1CC1=NCCN1.O=C(O)CC(O)(CC(=O)O)C(=O)O. The fraction of sp³-hybridized carbons (Fsp3) is 0.545. The lowest BCUT2D eigenvalue weighted by Crippen LogP contribution is -2.42. The van der Waals surface area contributed by atoms with Crippen LogP contribution in [0.25, 0.3) is 0 Å². The van der Waals surface area contributed by atoms with Gasteiger partial charge in [0.15, 0.2) is 5.60 Å². The normalized spacial score (nSPS) is 13.5. The van der Waals surface area contributed by atoms with Crippen LogP contribution in [0.2, 0.25) is 0 Å². The van der Waals surface area contributed by atoms with Crippen molar-refractivity contribution >= 4 is 23.7 Å². The summed E-state index contributed by atoms with van der Waals surface area (Å²) in [6, 6.07) is 4.66. The number of aliphatic carboxylic acids is 3. The molecule has 0 aromatic heterocycles. The summed E-state index contributed by atoms with van der Waals surface area (Å²) in [5, 5.41) is 37.2. The highest BCUT2D eigenvalue weighted by molar-refractivity contribution is 5.88. The molecule has 172 valence electrons. The summed E-state index contributed by atoms with van der Waals surface area (Å²) in [5.41, 5.74) is 3.10. The highest BCUT2D eigenvalue weighted by Gasteiger charge is 2.40. The Morgan fingerprint density at radius 2 is 1.48 bits per heavy atom. The first kappa shape index (κ1) is 26.1.